The maximum Gasteiger partial charge on any atom is 0.410 e. The predicted octanol–water partition coefficient (Wildman–Crippen LogP) is 4.99. The Labute approximate surface area is 238 Å². The number of amides is 1. The number of alkyl halides is 2. The Bertz CT molecular complexity index is 1720. The zero-order chi connectivity index (χ0) is 29.4. The molecule has 216 valence electrons. The van der Waals surface area contributed by atoms with E-state index in [0.29, 0.717) is 37.6 Å². The van der Waals surface area contributed by atoms with Crippen molar-refractivity contribution in [1.29, 1.82) is 0 Å². The van der Waals surface area contributed by atoms with Crippen LogP contribution in [0.5, 0.6) is 0 Å². The SMILES string of the molecule is CC(C)(C)OC(=O)N1CCn2ncc(-c3cccc(-c4nnn(Cc5ccc(-c6nnc(C(F)F)o6)cc5)n4)c3)c2C1. The number of hydrogen-bond acceptors (Lipinski definition) is 9. The minimum Gasteiger partial charge on any atom is -0.444 e. The Hall–Kier alpha value is -5.01. The summed E-state index contributed by atoms with van der Waals surface area (Å²) in [6.45, 7) is 7.39. The number of carbonyl (C=O) groups is 1. The molecule has 0 saturated heterocycles. The Morgan fingerprint density at radius 1 is 1.02 bits per heavy atom. The largest absolute Gasteiger partial charge is 0.444 e. The van der Waals surface area contributed by atoms with E-state index < -0.39 is 17.9 Å². The van der Waals surface area contributed by atoms with E-state index in [1.54, 1.807) is 29.2 Å². The average molecular weight is 576 g/mol. The third-order valence-electron chi connectivity index (χ3n) is 6.56. The summed E-state index contributed by atoms with van der Waals surface area (Å²) in [4.78, 5) is 15.8. The van der Waals surface area contributed by atoms with Crippen LogP contribution in [0, 0.1) is 0 Å². The summed E-state index contributed by atoms with van der Waals surface area (Å²) >= 11 is 0. The normalized spacial score (nSPS) is 13.4. The first kappa shape index (κ1) is 27.2. The van der Waals surface area contributed by atoms with Crippen LogP contribution in [0.2, 0.25) is 0 Å². The highest BCUT2D eigenvalue weighted by molar-refractivity contribution is 5.73. The second-order valence-electron chi connectivity index (χ2n) is 10.8. The smallest absolute Gasteiger partial charge is 0.410 e. The quantitative estimate of drug-likeness (QED) is 0.275. The van der Waals surface area contributed by atoms with E-state index in [4.69, 9.17) is 9.15 Å². The van der Waals surface area contributed by atoms with Gasteiger partial charge in [-0.2, -0.15) is 18.7 Å². The summed E-state index contributed by atoms with van der Waals surface area (Å²) in [7, 11) is 0. The molecular formula is C28H27F2N9O3. The van der Waals surface area contributed by atoms with Crippen molar-refractivity contribution in [2.24, 2.45) is 0 Å². The van der Waals surface area contributed by atoms with E-state index >= 15 is 0 Å². The van der Waals surface area contributed by atoms with Crippen LogP contribution in [0.3, 0.4) is 0 Å². The maximum absolute atomic E-state index is 12.7. The molecule has 1 amide bonds. The number of nitrogens with zero attached hydrogens (tertiary/aromatic N) is 9. The van der Waals surface area contributed by atoms with Gasteiger partial charge in [0.2, 0.25) is 11.7 Å². The first-order chi connectivity index (χ1) is 20.1. The van der Waals surface area contributed by atoms with Gasteiger partial charge < -0.3 is 14.1 Å². The number of benzene rings is 2. The molecule has 12 nitrogen and oxygen atoms in total. The molecule has 5 aromatic rings. The molecule has 0 atom stereocenters. The number of rotatable bonds is 6. The molecule has 0 radical (unpaired) electrons. The molecule has 3 aromatic heterocycles. The number of ether oxygens (including phenoxy) is 1. The molecule has 0 spiro atoms. The number of hydrogen-bond donors (Lipinski definition) is 0. The first-order valence-corrected chi connectivity index (χ1v) is 13.2. The van der Waals surface area contributed by atoms with Gasteiger partial charge in [0, 0.05) is 23.2 Å². The summed E-state index contributed by atoms with van der Waals surface area (Å²) < 4.78 is 38.0. The van der Waals surface area contributed by atoms with Gasteiger partial charge in [0.15, 0.2) is 0 Å². The van der Waals surface area contributed by atoms with Crippen molar-refractivity contribution in [1.82, 2.24) is 45.1 Å². The van der Waals surface area contributed by atoms with Gasteiger partial charge in [-0.15, -0.1) is 20.4 Å². The van der Waals surface area contributed by atoms with Crippen LogP contribution in [0.25, 0.3) is 34.0 Å². The highest BCUT2D eigenvalue weighted by atomic mass is 19.3. The van der Waals surface area contributed by atoms with E-state index in [9.17, 15) is 13.6 Å². The van der Waals surface area contributed by atoms with Crippen LogP contribution in [0.1, 0.15) is 44.3 Å². The van der Waals surface area contributed by atoms with Crippen molar-refractivity contribution >= 4 is 6.09 Å². The van der Waals surface area contributed by atoms with Gasteiger partial charge in [-0.3, -0.25) is 4.68 Å². The summed E-state index contributed by atoms with van der Waals surface area (Å²) in [6, 6.07) is 14.8. The lowest BCUT2D eigenvalue weighted by Gasteiger charge is -2.30. The highest BCUT2D eigenvalue weighted by Gasteiger charge is 2.28. The monoisotopic (exact) mass is 575 g/mol. The van der Waals surface area contributed by atoms with Gasteiger partial charge in [0.25, 0.3) is 5.89 Å². The molecular weight excluding hydrogens is 548 g/mol. The minimum atomic E-state index is -2.82. The third-order valence-corrected chi connectivity index (χ3v) is 6.56. The molecule has 2 aromatic carbocycles. The molecule has 0 N–H and O–H groups in total. The summed E-state index contributed by atoms with van der Waals surface area (Å²) in [5.41, 5.74) is 4.36. The van der Waals surface area contributed by atoms with Gasteiger partial charge in [-0.1, -0.05) is 30.3 Å². The van der Waals surface area contributed by atoms with Crippen LogP contribution < -0.4 is 0 Å². The van der Waals surface area contributed by atoms with Crippen LogP contribution in [0.15, 0.2) is 59.1 Å². The number of tetrazole rings is 1. The molecule has 14 heteroatoms. The zero-order valence-corrected chi connectivity index (χ0v) is 23.1. The third kappa shape index (κ3) is 5.73. The molecule has 0 saturated carbocycles. The maximum atomic E-state index is 12.7. The summed E-state index contributed by atoms with van der Waals surface area (Å²) in [5, 5.41) is 24.5. The minimum absolute atomic E-state index is 0.0233. The first-order valence-electron chi connectivity index (χ1n) is 13.2. The molecule has 1 aliphatic heterocycles. The molecule has 4 heterocycles. The fraction of sp³-hybridized carbons (Fsp3) is 0.321. The Morgan fingerprint density at radius 3 is 2.55 bits per heavy atom. The van der Waals surface area contributed by atoms with E-state index in [1.165, 1.54) is 4.80 Å². The molecule has 1 aliphatic rings. The Balaban J connectivity index is 1.16. The van der Waals surface area contributed by atoms with Gasteiger partial charge in [0.1, 0.15) is 5.60 Å². The number of fused-ring (bicyclic) bond motifs is 1. The van der Waals surface area contributed by atoms with Crippen molar-refractivity contribution in [3.8, 4) is 34.0 Å². The lowest BCUT2D eigenvalue weighted by atomic mass is 10.0. The predicted molar refractivity (Wildman–Crippen MR) is 145 cm³/mol. The van der Waals surface area contributed by atoms with Crippen molar-refractivity contribution in [2.75, 3.05) is 6.54 Å². The van der Waals surface area contributed by atoms with Gasteiger partial charge in [0.05, 0.1) is 31.5 Å². The molecule has 0 aliphatic carbocycles. The number of carbonyl (C=O) groups excluding carboxylic acids is 1. The molecule has 6 rings (SSSR count). The standard InChI is InChI=1S/C28H27F2N9O3/c1-28(2,3)42-27(40)37-11-12-38-22(16-37)21(14-31-38)19-5-4-6-20(13-19)24-32-36-39(35-24)15-17-7-9-18(10-8-17)25-33-34-26(41-25)23(29)30/h4-10,13-14,23H,11-12,15-16H2,1-3H3. The van der Waals surface area contributed by atoms with Crippen LogP contribution in [0.4, 0.5) is 13.6 Å². The van der Waals surface area contributed by atoms with Gasteiger partial charge in [-0.05, 0) is 55.3 Å². The average Bonchev–Trinajstić information content (AvgIpc) is 3.72. The molecule has 0 unspecified atom stereocenters. The number of aromatic nitrogens is 8. The van der Waals surface area contributed by atoms with Crippen molar-refractivity contribution in [3.05, 3.63) is 71.9 Å². The summed E-state index contributed by atoms with van der Waals surface area (Å²) in [5.74, 6) is -0.237. The zero-order valence-electron chi connectivity index (χ0n) is 23.1. The fourth-order valence-corrected chi connectivity index (χ4v) is 4.58. The lowest BCUT2D eigenvalue weighted by Crippen LogP contribution is -2.41. The van der Waals surface area contributed by atoms with Crippen molar-refractivity contribution in [3.63, 3.8) is 0 Å². The highest BCUT2D eigenvalue weighted by Crippen LogP contribution is 2.30. The van der Waals surface area contributed by atoms with Crippen molar-refractivity contribution in [2.45, 2.75) is 52.4 Å². The van der Waals surface area contributed by atoms with Gasteiger partial charge >= 0.3 is 12.5 Å². The summed E-state index contributed by atoms with van der Waals surface area (Å²) in [6.07, 6.45) is -1.36. The van der Waals surface area contributed by atoms with E-state index in [2.05, 4.69) is 30.7 Å². The van der Waals surface area contributed by atoms with E-state index in [0.717, 1.165) is 27.9 Å². The second-order valence-corrected chi connectivity index (χ2v) is 10.8. The molecule has 0 fully saturated rings. The Morgan fingerprint density at radius 2 is 1.81 bits per heavy atom. The van der Waals surface area contributed by atoms with Gasteiger partial charge in [-0.25, -0.2) is 4.79 Å². The molecule has 0 bridgehead atoms. The Kier molecular flexibility index (Phi) is 6.96. The fourth-order valence-electron chi connectivity index (χ4n) is 4.58. The topological polar surface area (TPSA) is 130 Å². The van der Waals surface area contributed by atoms with Crippen LogP contribution in [-0.4, -0.2) is 63.3 Å². The van der Waals surface area contributed by atoms with Crippen LogP contribution in [-0.2, 0) is 24.4 Å². The second kappa shape index (κ2) is 10.8. The van der Waals surface area contributed by atoms with Crippen molar-refractivity contribution < 1.29 is 22.7 Å². The number of halogens is 2. The molecule has 42 heavy (non-hydrogen) atoms. The van der Waals surface area contributed by atoms with E-state index in [1.807, 2.05) is 55.9 Å². The van der Waals surface area contributed by atoms with Crippen LogP contribution >= 0.6 is 0 Å². The van der Waals surface area contributed by atoms with E-state index in [-0.39, 0.29) is 12.0 Å². The lowest BCUT2D eigenvalue weighted by molar-refractivity contribution is 0.0195.